The zero-order chi connectivity index (χ0) is 14.0. The van der Waals surface area contributed by atoms with Gasteiger partial charge in [0, 0.05) is 16.4 Å². The van der Waals surface area contributed by atoms with Crippen LogP contribution in [-0.4, -0.2) is 13.4 Å². The molecule has 0 aliphatic carbocycles. The van der Waals surface area contributed by atoms with Crippen LogP contribution in [0.5, 0.6) is 0 Å². The molecule has 5 nitrogen and oxygen atoms in total. The Morgan fingerprint density at radius 3 is 2.53 bits per heavy atom. The van der Waals surface area contributed by atoms with E-state index in [4.69, 9.17) is 5.73 Å². The normalized spacial score (nSPS) is 11.3. The maximum absolute atomic E-state index is 12.2. The number of hydrogen-bond acceptors (Lipinski definition) is 4. The molecule has 0 spiro atoms. The molecule has 1 aromatic heterocycles. The first-order valence-electron chi connectivity index (χ1n) is 5.08. The van der Waals surface area contributed by atoms with Crippen molar-refractivity contribution in [2.24, 2.45) is 0 Å². The Morgan fingerprint density at radius 1 is 1.16 bits per heavy atom. The lowest BCUT2D eigenvalue weighted by Gasteiger charge is -2.09. The minimum absolute atomic E-state index is 0.0748. The Labute approximate surface area is 127 Å². The van der Waals surface area contributed by atoms with Gasteiger partial charge in [0.05, 0.1) is 9.37 Å². The lowest BCUT2D eigenvalue weighted by Crippen LogP contribution is -2.14. The van der Waals surface area contributed by atoms with E-state index in [-0.39, 0.29) is 10.7 Å². The van der Waals surface area contributed by atoms with Gasteiger partial charge in [-0.15, -0.1) is 0 Å². The van der Waals surface area contributed by atoms with Crippen LogP contribution < -0.4 is 10.5 Å². The standard InChI is InChI=1S/C11H9Br2N3O2S/c12-8-4-3-7(6-10(8)14)19(17,18)16-11-9(13)2-1-5-15-11/h1-6H,14H2,(H,15,16). The third kappa shape index (κ3) is 3.26. The highest BCUT2D eigenvalue weighted by Gasteiger charge is 2.17. The number of rotatable bonds is 3. The number of pyridine rings is 1. The fraction of sp³-hybridized carbons (Fsp3) is 0. The zero-order valence-corrected chi connectivity index (χ0v) is 13.5. The van der Waals surface area contributed by atoms with E-state index in [0.717, 1.165) is 0 Å². The summed E-state index contributed by atoms with van der Waals surface area (Å²) in [5, 5.41) is 0. The molecule has 0 aliphatic heterocycles. The van der Waals surface area contributed by atoms with Crippen molar-refractivity contribution in [3.05, 3.63) is 45.5 Å². The van der Waals surface area contributed by atoms with Gasteiger partial charge in [0.25, 0.3) is 10.0 Å². The number of nitrogens with two attached hydrogens (primary N) is 1. The average Bonchev–Trinajstić information content (AvgIpc) is 2.35. The number of aromatic nitrogens is 1. The molecule has 100 valence electrons. The highest BCUT2D eigenvalue weighted by atomic mass is 79.9. The Hall–Kier alpha value is -1.12. The summed E-state index contributed by atoms with van der Waals surface area (Å²) in [4.78, 5) is 4.03. The predicted molar refractivity (Wildman–Crippen MR) is 81.3 cm³/mol. The van der Waals surface area contributed by atoms with Gasteiger partial charge in [-0.3, -0.25) is 4.72 Å². The number of nitrogens with zero attached hydrogens (tertiary/aromatic N) is 1. The molecule has 2 aromatic rings. The van der Waals surface area contributed by atoms with Crippen LogP contribution in [0.1, 0.15) is 0 Å². The number of nitrogen functional groups attached to an aromatic ring is 1. The number of benzene rings is 1. The summed E-state index contributed by atoms with van der Waals surface area (Å²) in [6.07, 6.45) is 1.50. The molecule has 0 fully saturated rings. The molecule has 0 saturated carbocycles. The van der Waals surface area contributed by atoms with Gasteiger partial charge in [-0.05, 0) is 62.2 Å². The second-order valence-corrected chi connectivity index (χ2v) is 7.01. The highest BCUT2D eigenvalue weighted by Crippen LogP contribution is 2.26. The molecule has 2 rings (SSSR count). The maximum Gasteiger partial charge on any atom is 0.263 e. The van der Waals surface area contributed by atoms with Crippen LogP contribution in [0.25, 0.3) is 0 Å². The fourth-order valence-electron chi connectivity index (χ4n) is 1.34. The van der Waals surface area contributed by atoms with Crippen LogP contribution in [-0.2, 0) is 10.0 Å². The smallest absolute Gasteiger partial charge is 0.263 e. The largest absolute Gasteiger partial charge is 0.398 e. The van der Waals surface area contributed by atoms with E-state index in [0.29, 0.717) is 14.6 Å². The van der Waals surface area contributed by atoms with E-state index in [1.165, 1.54) is 18.3 Å². The minimum Gasteiger partial charge on any atom is -0.398 e. The third-order valence-corrected chi connectivity index (χ3v) is 4.97. The highest BCUT2D eigenvalue weighted by molar-refractivity contribution is 9.11. The van der Waals surface area contributed by atoms with E-state index in [2.05, 4.69) is 41.6 Å². The number of nitrogens with one attached hydrogen (secondary N) is 1. The molecule has 8 heteroatoms. The summed E-state index contributed by atoms with van der Waals surface area (Å²) in [5.74, 6) is 0.226. The molecule has 0 saturated heterocycles. The van der Waals surface area contributed by atoms with Gasteiger partial charge in [0.15, 0.2) is 5.82 Å². The Morgan fingerprint density at radius 2 is 1.89 bits per heavy atom. The summed E-state index contributed by atoms with van der Waals surface area (Å²) >= 11 is 6.44. The monoisotopic (exact) mass is 405 g/mol. The summed E-state index contributed by atoms with van der Waals surface area (Å²) in [7, 11) is -3.72. The fourth-order valence-corrected chi connectivity index (χ4v) is 3.13. The summed E-state index contributed by atoms with van der Waals surface area (Å²) < 4.78 is 27.9. The lowest BCUT2D eigenvalue weighted by atomic mass is 10.3. The molecular weight excluding hydrogens is 398 g/mol. The van der Waals surface area contributed by atoms with Crippen LogP contribution in [0.2, 0.25) is 0 Å². The Bertz CT molecular complexity index is 720. The van der Waals surface area contributed by atoms with Crippen molar-refractivity contribution < 1.29 is 8.42 Å². The van der Waals surface area contributed by atoms with E-state index in [1.807, 2.05) is 0 Å². The van der Waals surface area contributed by atoms with Gasteiger partial charge in [0.1, 0.15) is 0 Å². The quantitative estimate of drug-likeness (QED) is 0.767. The van der Waals surface area contributed by atoms with Gasteiger partial charge in [-0.2, -0.15) is 0 Å². The van der Waals surface area contributed by atoms with Gasteiger partial charge in [0.2, 0.25) is 0 Å². The van der Waals surface area contributed by atoms with Crippen molar-refractivity contribution in [3.8, 4) is 0 Å². The van der Waals surface area contributed by atoms with E-state index in [1.54, 1.807) is 18.2 Å². The third-order valence-electron chi connectivity index (χ3n) is 2.27. The molecule has 0 unspecified atom stereocenters. The van der Waals surface area contributed by atoms with Crippen LogP contribution >= 0.6 is 31.9 Å². The molecule has 1 heterocycles. The van der Waals surface area contributed by atoms with Crippen molar-refractivity contribution in [2.75, 3.05) is 10.5 Å². The van der Waals surface area contributed by atoms with Crippen molar-refractivity contribution in [3.63, 3.8) is 0 Å². The molecule has 0 bridgehead atoms. The number of hydrogen-bond donors (Lipinski definition) is 2. The van der Waals surface area contributed by atoms with Gasteiger partial charge in [-0.1, -0.05) is 0 Å². The van der Waals surface area contributed by atoms with Crippen molar-refractivity contribution in [1.82, 2.24) is 4.98 Å². The number of anilines is 2. The molecular formula is C11H9Br2N3O2S. The van der Waals surface area contributed by atoms with Gasteiger partial charge < -0.3 is 5.73 Å². The zero-order valence-electron chi connectivity index (χ0n) is 9.47. The van der Waals surface area contributed by atoms with Gasteiger partial charge in [-0.25, -0.2) is 13.4 Å². The first-order valence-corrected chi connectivity index (χ1v) is 8.15. The molecule has 1 aromatic carbocycles. The maximum atomic E-state index is 12.2. The SMILES string of the molecule is Nc1cc(S(=O)(=O)Nc2ncccc2Br)ccc1Br. The van der Waals surface area contributed by atoms with E-state index >= 15 is 0 Å². The first kappa shape index (κ1) is 14.3. The second-order valence-electron chi connectivity index (χ2n) is 3.62. The minimum atomic E-state index is -3.72. The molecule has 0 radical (unpaired) electrons. The van der Waals surface area contributed by atoms with Crippen molar-refractivity contribution >= 4 is 53.4 Å². The Kier molecular flexibility index (Phi) is 4.12. The molecule has 19 heavy (non-hydrogen) atoms. The molecule has 3 N–H and O–H groups in total. The number of sulfonamides is 1. The molecule has 0 amide bonds. The predicted octanol–water partition coefficient (Wildman–Crippen LogP) is 2.99. The topological polar surface area (TPSA) is 85.1 Å². The van der Waals surface area contributed by atoms with Crippen LogP contribution in [0.3, 0.4) is 0 Å². The molecule has 0 aliphatic rings. The summed E-state index contributed by atoms with van der Waals surface area (Å²) in [5.41, 5.74) is 6.03. The molecule has 0 atom stereocenters. The van der Waals surface area contributed by atoms with Crippen molar-refractivity contribution in [2.45, 2.75) is 4.90 Å². The van der Waals surface area contributed by atoms with Crippen LogP contribution in [0.4, 0.5) is 11.5 Å². The van der Waals surface area contributed by atoms with Gasteiger partial charge >= 0.3 is 0 Å². The summed E-state index contributed by atoms with van der Waals surface area (Å²) in [6.45, 7) is 0. The Balaban J connectivity index is 2.38. The lowest BCUT2D eigenvalue weighted by molar-refractivity contribution is 0.601. The number of halogens is 2. The van der Waals surface area contributed by atoms with Crippen molar-refractivity contribution in [1.29, 1.82) is 0 Å². The first-order chi connectivity index (χ1) is 8.90. The average molecular weight is 407 g/mol. The van der Waals surface area contributed by atoms with Crippen LogP contribution in [0, 0.1) is 0 Å². The van der Waals surface area contributed by atoms with E-state index in [9.17, 15) is 8.42 Å². The summed E-state index contributed by atoms with van der Waals surface area (Å²) in [6, 6.07) is 7.81. The second kappa shape index (κ2) is 5.48. The van der Waals surface area contributed by atoms with E-state index < -0.39 is 10.0 Å². The van der Waals surface area contributed by atoms with Crippen LogP contribution in [0.15, 0.2) is 50.4 Å².